The summed E-state index contributed by atoms with van der Waals surface area (Å²) in [5, 5.41) is 0. The van der Waals surface area contributed by atoms with E-state index in [4.69, 9.17) is 151 Å². The van der Waals surface area contributed by atoms with Crippen molar-refractivity contribution < 1.29 is 9.08 Å². The Hall–Kier alpha value is 3.24. The molecule has 0 aromatic rings. The van der Waals surface area contributed by atoms with E-state index in [0.717, 1.165) is 0 Å². The Balaban J connectivity index is 6.17. The van der Waals surface area contributed by atoms with Crippen molar-refractivity contribution in [2.75, 3.05) is 0 Å². The van der Waals surface area contributed by atoms with Crippen LogP contribution in [0.4, 0.5) is 0 Å². The largest absolute Gasteiger partial charge is 0.363 e. The van der Waals surface area contributed by atoms with Crippen molar-refractivity contribution in [2.45, 2.75) is 26.5 Å². The van der Waals surface area contributed by atoms with Crippen molar-refractivity contribution in [3.05, 3.63) is 0 Å². The second kappa shape index (κ2) is 8.09. The molecule has 0 bridgehead atoms. The molecule has 0 N–H and O–H groups in total. The number of carbonyl (C=O) groups excluding carboxylic acids is 1. The van der Waals surface area contributed by atoms with E-state index in [9.17, 15) is 4.79 Å². The van der Waals surface area contributed by atoms with Gasteiger partial charge in [0.05, 0.1) is 0 Å². The number of carbonyl (C=O) groups is 1. The van der Waals surface area contributed by atoms with Gasteiger partial charge in [-0.25, -0.2) is 4.79 Å². The fraction of sp³-hybridized carbons (Fsp3) is 0.857. The molecule has 0 saturated carbocycles. The van der Waals surface area contributed by atoms with E-state index >= 15 is 0 Å². The van der Waals surface area contributed by atoms with Gasteiger partial charge in [0.2, 0.25) is 0 Å². The van der Waals surface area contributed by atoms with Crippen molar-refractivity contribution in [3.63, 3.8) is 0 Å². The minimum Gasteiger partial charge on any atom is -0.344 e. The summed E-state index contributed by atoms with van der Waals surface area (Å²) in [5.74, 6) is -1.54. The number of hydrogen-bond acceptors (Lipinski definition) is 2. The first-order valence-electron chi connectivity index (χ1n) is 4.43. The highest BCUT2D eigenvalue weighted by atomic mass is 35.6. The fourth-order valence-corrected chi connectivity index (χ4v) is 4.41. The van der Waals surface area contributed by atoms with E-state index in [1.807, 2.05) is 0 Å². The maximum absolute atomic E-state index is 11.5. The van der Waals surface area contributed by atoms with Crippen LogP contribution >= 0.6 is 151 Å². The molecule has 0 aliphatic heterocycles. The van der Waals surface area contributed by atoms with Crippen molar-refractivity contribution in [1.82, 2.24) is 0 Å². The summed E-state index contributed by atoms with van der Waals surface area (Å²) < 4.78 is -9.86. The molecule has 2 nitrogen and oxygen atoms in total. The molecular weight excluding hydrogens is 577 g/mol. The topological polar surface area (TPSA) is 26.3 Å². The van der Waals surface area contributed by atoms with Gasteiger partial charge in [-0.15, -0.1) is 23.2 Å². The van der Waals surface area contributed by atoms with Crippen molar-refractivity contribution >= 4 is 157 Å². The van der Waals surface area contributed by atoms with Crippen molar-refractivity contribution in [1.29, 1.82) is 0 Å². The molecule has 0 aliphatic rings. The standard InChI is InChI=1S/C7HCl13O2/c8-1(9)3(10,11)5(14,15)7(18,19)6(16,17)4(12,13)2(21)22-20/h1H. The van der Waals surface area contributed by atoms with E-state index < -0.39 is 32.5 Å². The van der Waals surface area contributed by atoms with Crippen LogP contribution in [0.5, 0.6) is 0 Å². The number of rotatable bonds is 6. The zero-order valence-electron chi connectivity index (χ0n) is 9.31. The van der Waals surface area contributed by atoms with Gasteiger partial charge in [-0.1, -0.05) is 116 Å². The molecule has 0 aromatic heterocycles. The summed E-state index contributed by atoms with van der Waals surface area (Å²) in [5.41, 5.74) is 0. The predicted molar refractivity (Wildman–Crippen MR) is 99.6 cm³/mol. The van der Waals surface area contributed by atoms with Gasteiger partial charge in [0.1, 0.15) is 16.7 Å². The maximum Gasteiger partial charge on any atom is 0.363 e. The Bertz CT molecular complexity index is 428. The van der Waals surface area contributed by atoms with Crippen LogP contribution in [0.25, 0.3) is 0 Å². The van der Waals surface area contributed by atoms with Crippen LogP contribution in [0.1, 0.15) is 0 Å². The molecule has 0 heterocycles. The first-order chi connectivity index (χ1) is 9.42. The van der Waals surface area contributed by atoms with Crippen LogP contribution in [0.15, 0.2) is 0 Å². The van der Waals surface area contributed by atoms with Crippen LogP contribution in [0.2, 0.25) is 0 Å². The molecule has 0 radical (unpaired) electrons. The Morgan fingerprint density at radius 2 is 1.09 bits per heavy atom. The van der Waals surface area contributed by atoms with Crippen LogP contribution < -0.4 is 0 Å². The van der Waals surface area contributed by atoms with Gasteiger partial charge in [-0.2, -0.15) is 0 Å². The molecule has 22 heavy (non-hydrogen) atoms. The third-order valence-corrected chi connectivity index (χ3v) is 10.3. The quantitative estimate of drug-likeness (QED) is 0.308. The Labute approximate surface area is 190 Å². The molecule has 15 heteroatoms. The highest BCUT2D eigenvalue weighted by Crippen LogP contribution is 2.66. The molecule has 0 aliphatic carbocycles. The summed E-state index contributed by atoms with van der Waals surface area (Å²) in [4.78, 5) is 9.90. The average Bonchev–Trinajstić information content (AvgIpc) is 2.36. The fourth-order valence-electron chi connectivity index (χ4n) is 0.917. The SMILES string of the molecule is O=C(OCl)C(Cl)(Cl)C(Cl)(Cl)C(Cl)(Cl)C(Cl)(Cl)C(Cl)(Cl)C(Cl)Cl. The number of halogens is 13. The van der Waals surface area contributed by atoms with Crippen molar-refractivity contribution in [3.8, 4) is 0 Å². The third-order valence-electron chi connectivity index (χ3n) is 2.20. The van der Waals surface area contributed by atoms with Crippen molar-refractivity contribution in [2.24, 2.45) is 0 Å². The van der Waals surface area contributed by atoms with E-state index in [-0.39, 0.29) is 0 Å². The first kappa shape index (κ1) is 25.2. The number of hydrogen-bond donors (Lipinski definition) is 0. The molecule has 0 aromatic carbocycles. The highest BCUT2D eigenvalue weighted by molar-refractivity contribution is 6.79. The molecule has 0 spiro atoms. The Kier molecular flexibility index (Phi) is 9.28. The average molecular weight is 578 g/mol. The summed E-state index contributed by atoms with van der Waals surface area (Å²) >= 11 is 74.7. The number of alkyl halides is 12. The predicted octanol–water partition coefficient (Wildman–Crippen LogP) is 7.36. The van der Waals surface area contributed by atoms with Gasteiger partial charge < -0.3 is 4.29 Å². The lowest BCUT2D eigenvalue weighted by Crippen LogP contribution is -2.65. The van der Waals surface area contributed by atoms with Crippen LogP contribution in [0.3, 0.4) is 0 Å². The molecule has 0 atom stereocenters. The molecular formula is C7HCl13O2. The van der Waals surface area contributed by atoms with E-state index in [1.165, 1.54) is 0 Å². The lowest BCUT2D eigenvalue weighted by molar-refractivity contribution is -0.135. The van der Waals surface area contributed by atoms with Crippen LogP contribution in [0, 0.1) is 0 Å². The van der Waals surface area contributed by atoms with E-state index in [1.54, 1.807) is 0 Å². The normalized spacial score (nSPS) is 15.2. The lowest BCUT2D eigenvalue weighted by atomic mass is 10.1. The molecule has 0 unspecified atom stereocenters. The maximum atomic E-state index is 11.5. The monoisotopic (exact) mass is 572 g/mol. The van der Waals surface area contributed by atoms with Gasteiger partial charge in [0.15, 0.2) is 17.3 Å². The van der Waals surface area contributed by atoms with Gasteiger partial charge in [0.25, 0.3) is 4.33 Å². The third kappa shape index (κ3) is 4.06. The lowest BCUT2D eigenvalue weighted by Gasteiger charge is -2.48. The van der Waals surface area contributed by atoms with Gasteiger partial charge in [-0.05, 0) is 0 Å². The van der Waals surface area contributed by atoms with E-state index in [0.29, 0.717) is 0 Å². The zero-order valence-corrected chi connectivity index (χ0v) is 19.1. The van der Waals surface area contributed by atoms with Crippen LogP contribution in [-0.2, 0) is 9.08 Å². The van der Waals surface area contributed by atoms with Gasteiger partial charge in [-0.3, -0.25) is 0 Å². The second-order valence-electron chi connectivity index (χ2n) is 3.59. The zero-order chi connectivity index (χ0) is 18.4. The van der Waals surface area contributed by atoms with Gasteiger partial charge >= 0.3 is 5.97 Å². The molecule has 0 saturated heterocycles. The van der Waals surface area contributed by atoms with Gasteiger partial charge in [0, 0.05) is 0 Å². The molecule has 0 amide bonds. The Morgan fingerprint density at radius 3 is 1.36 bits per heavy atom. The summed E-state index contributed by atoms with van der Waals surface area (Å²) in [7, 11) is 0. The van der Waals surface area contributed by atoms with Crippen LogP contribution in [-0.4, -0.2) is 32.5 Å². The van der Waals surface area contributed by atoms with E-state index in [2.05, 4.69) is 4.29 Å². The minimum atomic E-state index is -2.86. The first-order valence-corrected chi connectivity index (χ1v) is 9.39. The highest BCUT2D eigenvalue weighted by Gasteiger charge is 2.76. The molecule has 0 rings (SSSR count). The molecule has 0 fully saturated rings. The Morgan fingerprint density at radius 1 is 0.727 bits per heavy atom. The summed E-state index contributed by atoms with van der Waals surface area (Å²) in [6, 6.07) is 0. The smallest absolute Gasteiger partial charge is 0.344 e. The summed E-state index contributed by atoms with van der Waals surface area (Å²) in [6.45, 7) is 0. The summed E-state index contributed by atoms with van der Waals surface area (Å²) in [6.07, 6.45) is 0. The second-order valence-corrected chi connectivity index (χ2v) is 11.5. The molecule has 132 valence electrons. The minimum absolute atomic E-state index is 1.54.